The van der Waals surface area contributed by atoms with Crippen LogP contribution in [0.2, 0.25) is 0 Å². The quantitative estimate of drug-likeness (QED) is 0.623. The van der Waals surface area contributed by atoms with Gasteiger partial charge in [-0.3, -0.25) is 0 Å². The number of rotatable bonds is 1. The molecule has 1 rings (SSSR count). The van der Waals surface area contributed by atoms with Gasteiger partial charge in [-0.25, -0.2) is 4.79 Å². The minimum atomic E-state index is -0.208. The fraction of sp³-hybridized carbons (Fsp3) is 0.333. The van der Waals surface area contributed by atoms with E-state index in [1.165, 1.54) is 4.57 Å². The summed E-state index contributed by atoms with van der Waals surface area (Å²) in [6.45, 7) is 3.77. The van der Waals surface area contributed by atoms with E-state index in [1.54, 1.807) is 13.2 Å². The van der Waals surface area contributed by atoms with Crippen LogP contribution in [0.25, 0.3) is 6.08 Å². The van der Waals surface area contributed by atoms with Crippen molar-refractivity contribution in [2.24, 2.45) is 7.05 Å². The van der Waals surface area contributed by atoms with E-state index in [4.69, 9.17) is 0 Å². The van der Waals surface area contributed by atoms with Crippen molar-refractivity contribution in [3.05, 3.63) is 34.0 Å². The second-order valence-corrected chi connectivity index (χ2v) is 2.68. The molecule has 64 valence electrons. The summed E-state index contributed by atoms with van der Waals surface area (Å²) in [5.74, 6) is 0. The highest BCUT2D eigenvalue weighted by Crippen LogP contribution is 2.02. The summed E-state index contributed by atoms with van der Waals surface area (Å²) in [4.78, 5) is 14.9. The van der Waals surface area contributed by atoms with Gasteiger partial charge < -0.3 is 4.57 Å². The van der Waals surface area contributed by atoms with Crippen LogP contribution in [0, 0.1) is 6.92 Å². The van der Waals surface area contributed by atoms with Crippen molar-refractivity contribution in [2.45, 2.75) is 13.8 Å². The molecule has 0 spiro atoms. The molecule has 0 aromatic carbocycles. The van der Waals surface area contributed by atoms with Gasteiger partial charge in [0.05, 0.1) is 5.69 Å². The Kier molecular flexibility index (Phi) is 2.43. The first kappa shape index (κ1) is 8.71. The maximum absolute atomic E-state index is 11.0. The molecule has 3 heteroatoms. The molecule has 0 fully saturated rings. The maximum atomic E-state index is 11.0. The molecular formula is C9H12N2O. The van der Waals surface area contributed by atoms with Crippen LogP contribution in [0.4, 0.5) is 0 Å². The monoisotopic (exact) mass is 164 g/mol. The van der Waals surface area contributed by atoms with Gasteiger partial charge in [0.25, 0.3) is 0 Å². The molecular weight excluding hydrogens is 152 g/mol. The lowest BCUT2D eigenvalue weighted by Gasteiger charge is -2.01. The molecule has 0 amide bonds. The molecule has 0 saturated carbocycles. The average Bonchev–Trinajstić information content (AvgIpc) is 2.01. The predicted octanol–water partition coefficient (Wildman–Crippen LogP) is 1.12. The zero-order valence-electron chi connectivity index (χ0n) is 7.53. The highest BCUT2D eigenvalue weighted by atomic mass is 16.1. The third-order valence-electron chi connectivity index (χ3n) is 1.66. The summed E-state index contributed by atoms with van der Waals surface area (Å²) in [5, 5.41) is 0. The fourth-order valence-corrected chi connectivity index (χ4v) is 0.987. The molecule has 1 aromatic rings. The van der Waals surface area contributed by atoms with Gasteiger partial charge in [-0.2, -0.15) is 4.98 Å². The lowest BCUT2D eigenvalue weighted by atomic mass is 10.2. The maximum Gasteiger partial charge on any atom is 0.347 e. The largest absolute Gasteiger partial charge is 0.347 e. The number of aryl methyl sites for hydroxylation is 2. The second-order valence-electron chi connectivity index (χ2n) is 2.68. The summed E-state index contributed by atoms with van der Waals surface area (Å²) in [5.41, 5.74) is 1.55. The van der Waals surface area contributed by atoms with Crippen molar-refractivity contribution < 1.29 is 0 Å². The summed E-state index contributed by atoms with van der Waals surface area (Å²) in [6, 6.07) is 0. The van der Waals surface area contributed by atoms with Crippen molar-refractivity contribution >= 4 is 6.08 Å². The van der Waals surface area contributed by atoms with Gasteiger partial charge in [-0.15, -0.1) is 0 Å². The molecule has 0 saturated heterocycles. The van der Waals surface area contributed by atoms with E-state index >= 15 is 0 Å². The Hall–Kier alpha value is -1.38. The zero-order chi connectivity index (χ0) is 9.14. The highest BCUT2D eigenvalue weighted by Gasteiger charge is 1.97. The molecule has 0 aliphatic heterocycles. The minimum absolute atomic E-state index is 0.208. The first-order valence-electron chi connectivity index (χ1n) is 3.82. The van der Waals surface area contributed by atoms with Crippen LogP contribution >= 0.6 is 0 Å². The molecule has 0 bridgehead atoms. The molecule has 0 aliphatic carbocycles. The highest BCUT2D eigenvalue weighted by molar-refractivity contribution is 5.49. The number of aromatic nitrogens is 2. The van der Waals surface area contributed by atoms with Gasteiger partial charge in [-0.05, 0) is 13.8 Å². The van der Waals surface area contributed by atoms with E-state index in [9.17, 15) is 4.79 Å². The number of hydrogen-bond donors (Lipinski definition) is 0. The van der Waals surface area contributed by atoms with Crippen LogP contribution in [-0.2, 0) is 7.05 Å². The van der Waals surface area contributed by atoms with E-state index in [2.05, 4.69) is 4.98 Å². The van der Waals surface area contributed by atoms with Crippen LogP contribution in [0.5, 0.6) is 0 Å². The number of hydrogen-bond acceptors (Lipinski definition) is 2. The van der Waals surface area contributed by atoms with E-state index in [-0.39, 0.29) is 5.69 Å². The van der Waals surface area contributed by atoms with E-state index in [0.29, 0.717) is 0 Å². The SMILES string of the molecule is C/C=C/c1cn(C)c(=O)nc1C. The van der Waals surface area contributed by atoms with Crippen molar-refractivity contribution in [1.82, 2.24) is 9.55 Å². The Morgan fingerprint density at radius 2 is 2.25 bits per heavy atom. The molecule has 3 nitrogen and oxygen atoms in total. The lowest BCUT2D eigenvalue weighted by molar-refractivity contribution is 0.796. The van der Waals surface area contributed by atoms with Crippen LogP contribution in [0.15, 0.2) is 17.1 Å². The van der Waals surface area contributed by atoms with Crippen molar-refractivity contribution in [3.8, 4) is 0 Å². The van der Waals surface area contributed by atoms with Crippen molar-refractivity contribution in [3.63, 3.8) is 0 Å². The van der Waals surface area contributed by atoms with E-state index in [0.717, 1.165) is 11.3 Å². The van der Waals surface area contributed by atoms with Crippen LogP contribution in [-0.4, -0.2) is 9.55 Å². The summed E-state index contributed by atoms with van der Waals surface area (Å²) >= 11 is 0. The molecule has 0 radical (unpaired) electrons. The van der Waals surface area contributed by atoms with Crippen LogP contribution < -0.4 is 5.69 Å². The van der Waals surface area contributed by atoms with Gasteiger partial charge in [0.2, 0.25) is 0 Å². The first-order chi connectivity index (χ1) is 5.65. The van der Waals surface area contributed by atoms with Crippen molar-refractivity contribution in [1.29, 1.82) is 0 Å². The van der Waals surface area contributed by atoms with Crippen LogP contribution in [0.3, 0.4) is 0 Å². The summed E-state index contributed by atoms with van der Waals surface area (Å²) in [6.07, 6.45) is 5.64. The Labute approximate surface area is 71.4 Å². The molecule has 0 N–H and O–H groups in total. The van der Waals surface area contributed by atoms with Gasteiger partial charge in [-0.1, -0.05) is 12.2 Å². The Balaban J connectivity index is 3.32. The Morgan fingerprint density at radius 3 is 2.83 bits per heavy atom. The third-order valence-corrected chi connectivity index (χ3v) is 1.66. The minimum Gasteiger partial charge on any atom is -0.302 e. The van der Waals surface area contributed by atoms with Crippen molar-refractivity contribution in [2.75, 3.05) is 0 Å². The Bertz CT molecular complexity index is 363. The van der Waals surface area contributed by atoms with Gasteiger partial charge >= 0.3 is 5.69 Å². The molecule has 0 unspecified atom stereocenters. The lowest BCUT2D eigenvalue weighted by Crippen LogP contribution is -2.20. The summed E-state index contributed by atoms with van der Waals surface area (Å²) < 4.78 is 1.47. The second kappa shape index (κ2) is 3.34. The number of nitrogens with zero attached hydrogens (tertiary/aromatic N) is 2. The number of allylic oxidation sites excluding steroid dienone is 1. The van der Waals surface area contributed by atoms with Gasteiger partial charge in [0.1, 0.15) is 0 Å². The van der Waals surface area contributed by atoms with E-state index in [1.807, 2.05) is 26.0 Å². The molecule has 1 heterocycles. The molecule has 0 aliphatic rings. The molecule has 12 heavy (non-hydrogen) atoms. The molecule has 1 aromatic heterocycles. The van der Waals surface area contributed by atoms with Crippen LogP contribution in [0.1, 0.15) is 18.2 Å². The standard InChI is InChI=1S/C9H12N2O/c1-4-5-8-6-11(3)9(12)10-7(8)2/h4-6H,1-3H3/b5-4+. The summed E-state index contributed by atoms with van der Waals surface area (Å²) in [7, 11) is 1.70. The first-order valence-corrected chi connectivity index (χ1v) is 3.82. The van der Waals surface area contributed by atoms with Gasteiger partial charge in [0.15, 0.2) is 0 Å². The third kappa shape index (κ3) is 1.61. The predicted molar refractivity (Wildman–Crippen MR) is 48.9 cm³/mol. The average molecular weight is 164 g/mol. The smallest absolute Gasteiger partial charge is 0.302 e. The fourth-order valence-electron chi connectivity index (χ4n) is 0.987. The topological polar surface area (TPSA) is 34.9 Å². The zero-order valence-corrected chi connectivity index (χ0v) is 7.53. The normalized spacial score (nSPS) is 10.9. The van der Waals surface area contributed by atoms with E-state index < -0.39 is 0 Å². The van der Waals surface area contributed by atoms with Gasteiger partial charge in [0, 0.05) is 18.8 Å². The molecule has 0 atom stereocenters. The Morgan fingerprint density at radius 1 is 1.58 bits per heavy atom.